The van der Waals surface area contributed by atoms with Crippen molar-refractivity contribution in [1.29, 1.82) is 0 Å². The van der Waals surface area contributed by atoms with E-state index in [-0.39, 0.29) is 5.56 Å². The number of rotatable bonds is 3. The minimum atomic E-state index is 0.104. The van der Waals surface area contributed by atoms with E-state index < -0.39 is 0 Å². The summed E-state index contributed by atoms with van der Waals surface area (Å²) in [6.07, 6.45) is 2.19. The van der Waals surface area contributed by atoms with Gasteiger partial charge in [0.15, 0.2) is 5.16 Å². The largest absolute Gasteiger partial charge is 0.284 e. The Labute approximate surface area is 124 Å². The van der Waals surface area contributed by atoms with Crippen LogP contribution in [0.5, 0.6) is 0 Å². The van der Waals surface area contributed by atoms with E-state index in [1.807, 2.05) is 23.6 Å². The van der Waals surface area contributed by atoms with Crippen LogP contribution >= 0.6 is 27.7 Å². The molecule has 5 heteroatoms. The van der Waals surface area contributed by atoms with Crippen molar-refractivity contribution in [3.8, 4) is 0 Å². The Balaban J connectivity index is 2.36. The van der Waals surface area contributed by atoms with Crippen LogP contribution in [0, 0.1) is 6.92 Å². The van der Waals surface area contributed by atoms with Crippen molar-refractivity contribution in [1.82, 2.24) is 9.55 Å². The molecule has 0 saturated heterocycles. The maximum Gasteiger partial charge on any atom is 0.262 e. The molecule has 3 rings (SSSR count). The van der Waals surface area contributed by atoms with Gasteiger partial charge in [0.2, 0.25) is 0 Å². The van der Waals surface area contributed by atoms with Gasteiger partial charge in [-0.1, -0.05) is 18.7 Å². The van der Waals surface area contributed by atoms with Gasteiger partial charge in [-0.15, -0.1) is 0 Å². The van der Waals surface area contributed by atoms with Gasteiger partial charge in [0.25, 0.3) is 5.56 Å². The SMILES string of the molecule is CCSc1nc2c(Br)cc(C)cc2c(=O)n1C1CC1. The van der Waals surface area contributed by atoms with E-state index in [4.69, 9.17) is 4.98 Å². The fourth-order valence-corrected chi connectivity index (χ4v) is 3.71. The molecule has 0 aliphatic heterocycles. The second-order valence-electron chi connectivity index (χ2n) is 4.88. The molecule has 1 aliphatic carbocycles. The van der Waals surface area contributed by atoms with E-state index in [9.17, 15) is 4.79 Å². The number of hydrogen-bond donors (Lipinski definition) is 0. The quantitative estimate of drug-likeness (QED) is 0.628. The van der Waals surface area contributed by atoms with E-state index in [0.717, 1.165) is 44.7 Å². The summed E-state index contributed by atoms with van der Waals surface area (Å²) in [6.45, 7) is 4.09. The molecule has 0 atom stereocenters. The maximum absolute atomic E-state index is 12.7. The van der Waals surface area contributed by atoms with Gasteiger partial charge >= 0.3 is 0 Å². The number of hydrogen-bond acceptors (Lipinski definition) is 3. The van der Waals surface area contributed by atoms with E-state index in [2.05, 4.69) is 22.9 Å². The first-order valence-corrected chi connectivity index (χ1v) is 8.25. The van der Waals surface area contributed by atoms with Crippen LogP contribution in [0.25, 0.3) is 10.9 Å². The van der Waals surface area contributed by atoms with Gasteiger partial charge in [0.05, 0.1) is 10.9 Å². The molecule has 0 amide bonds. The van der Waals surface area contributed by atoms with Crippen LogP contribution in [0.4, 0.5) is 0 Å². The van der Waals surface area contributed by atoms with Gasteiger partial charge in [0.1, 0.15) is 0 Å². The highest BCUT2D eigenvalue weighted by Gasteiger charge is 2.28. The third kappa shape index (κ3) is 2.34. The van der Waals surface area contributed by atoms with Gasteiger partial charge in [-0.2, -0.15) is 0 Å². The fraction of sp³-hybridized carbons (Fsp3) is 0.429. The average molecular weight is 339 g/mol. The van der Waals surface area contributed by atoms with Crippen LogP contribution < -0.4 is 5.56 Å². The molecule has 1 aromatic heterocycles. The number of halogens is 1. The minimum absolute atomic E-state index is 0.104. The third-order valence-corrected chi connectivity index (χ3v) is 4.70. The number of fused-ring (bicyclic) bond motifs is 1. The molecule has 19 heavy (non-hydrogen) atoms. The zero-order valence-corrected chi connectivity index (χ0v) is 13.3. The molecule has 1 aromatic carbocycles. The summed E-state index contributed by atoms with van der Waals surface area (Å²) < 4.78 is 2.79. The molecule has 0 unspecified atom stereocenters. The first-order valence-electron chi connectivity index (χ1n) is 6.47. The normalized spacial score (nSPS) is 15.1. The number of thioether (sulfide) groups is 1. The first kappa shape index (κ1) is 13.2. The lowest BCUT2D eigenvalue weighted by molar-refractivity contribution is 0.618. The topological polar surface area (TPSA) is 34.9 Å². The van der Waals surface area contributed by atoms with E-state index in [0.29, 0.717) is 6.04 Å². The monoisotopic (exact) mass is 338 g/mol. The Morgan fingerprint density at radius 3 is 2.84 bits per heavy atom. The van der Waals surface area contributed by atoms with Crippen molar-refractivity contribution in [2.75, 3.05) is 5.75 Å². The number of aromatic nitrogens is 2. The summed E-state index contributed by atoms with van der Waals surface area (Å²) >= 11 is 5.17. The lowest BCUT2D eigenvalue weighted by atomic mass is 10.2. The Morgan fingerprint density at radius 2 is 2.21 bits per heavy atom. The molecule has 1 aliphatic rings. The molecule has 1 heterocycles. The molecule has 0 spiro atoms. The fourth-order valence-electron chi connectivity index (χ4n) is 2.26. The number of benzene rings is 1. The summed E-state index contributed by atoms with van der Waals surface area (Å²) in [5.74, 6) is 0.925. The summed E-state index contributed by atoms with van der Waals surface area (Å²) in [5.41, 5.74) is 1.97. The molecule has 1 fully saturated rings. The molecule has 1 saturated carbocycles. The van der Waals surface area contributed by atoms with E-state index >= 15 is 0 Å². The highest BCUT2D eigenvalue weighted by molar-refractivity contribution is 9.10. The van der Waals surface area contributed by atoms with Crippen LogP contribution in [-0.4, -0.2) is 15.3 Å². The van der Waals surface area contributed by atoms with Gasteiger partial charge in [-0.05, 0) is 59.1 Å². The van der Waals surface area contributed by atoms with E-state index in [1.165, 1.54) is 0 Å². The first-order chi connectivity index (χ1) is 9.11. The second kappa shape index (κ2) is 4.94. The Bertz CT molecular complexity index is 707. The van der Waals surface area contributed by atoms with Gasteiger partial charge in [0, 0.05) is 10.5 Å². The highest BCUT2D eigenvalue weighted by Crippen LogP contribution is 2.37. The smallest absolute Gasteiger partial charge is 0.262 e. The predicted octanol–water partition coefficient (Wildman–Crippen LogP) is 3.91. The minimum Gasteiger partial charge on any atom is -0.284 e. The summed E-state index contributed by atoms with van der Waals surface area (Å²) in [7, 11) is 0. The van der Waals surface area contributed by atoms with Crippen molar-refractivity contribution >= 4 is 38.6 Å². The lowest BCUT2D eigenvalue weighted by Gasteiger charge is -2.12. The molecule has 0 N–H and O–H groups in total. The summed E-state index contributed by atoms with van der Waals surface area (Å²) in [5, 5.41) is 1.58. The van der Waals surface area contributed by atoms with Crippen molar-refractivity contribution in [2.24, 2.45) is 0 Å². The van der Waals surface area contributed by atoms with Gasteiger partial charge < -0.3 is 0 Å². The van der Waals surface area contributed by atoms with Crippen molar-refractivity contribution in [3.05, 3.63) is 32.5 Å². The third-order valence-electron chi connectivity index (χ3n) is 3.26. The van der Waals surface area contributed by atoms with Crippen LogP contribution in [0.15, 0.2) is 26.6 Å². The average Bonchev–Trinajstić information content (AvgIpc) is 3.16. The molecule has 2 aromatic rings. The molecular formula is C14H15BrN2OS. The van der Waals surface area contributed by atoms with Crippen LogP contribution in [0.3, 0.4) is 0 Å². The van der Waals surface area contributed by atoms with E-state index in [1.54, 1.807) is 11.8 Å². The number of nitrogens with zero attached hydrogens (tertiary/aromatic N) is 2. The highest BCUT2D eigenvalue weighted by atomic mass is 79.9. The Morgan fingerprint density at radius 1 is 1.47 bits per heavy atom. The zero-order valence-electron chi connectivity index (χ0n) is 10.9. The molecule has 0 radical (unpaired) electrons. The van der Waals surface area contributed by atoms with Gasteiger partial charge in [-0.25, -0.2) is 4.98 Å². The van der Waals surface area contributed by atoms with Crippen LogP contribution in [-0.2, 0) is 0 Å². The lowest BCUT2D eigenvalue weighted by Crippen LogP contribution is -2.22. The summed E-state index contributed by atoms with van der Waals surface area (Å²) in [4.78, 5) is 17.4. The molecule has 0 bridgehead atoms. The number of aryl methyl sites for hydroxylation is 1. The van der Waals surface area contributed by atoms with Crippen molar-refractivity contribution in [3.63, 3.8) is 0 Å². The standard InChI is InChI=1S/C14H15BrN2OS/c1-3-19-14-16-12-10(6-8(2)7-11(12)15)13(18)17(14)9-4-5-9/h6-7,9H,3-5H2,1-2H3. The maximum atomic E-state index is 12.7. The Kier molecular flexibility index (Phi) is 3.43. The van der Waals surface area contributed by atoms with Crippen LogP contribution in [0.1, 0.15) is 31.4 Å². The molecular weight excluding hydrogens is 324 g/mol. The van der Waals surface area contributed by atoms with Crippen LogP contribution in [0.2, 0.25) is 0 Å². The van der Waals surface area contributed by atoms with Gasteiger partial charge in [-0.3, -0.25) is 9.36 Å². The Hall–Kier alpha value is -0.810. The molecule has 3 nitrogen and oxygen atoms in total. The van der Waals surface area contributed by atoms with Crippen molar-refractivity contribution < 1.29 is 0 Å². The van der Waals surface area contributed by atoms with Crippen molar-refractivity contribution in [2.45, 2.75) is 37.9 Å². The molecule has 100 valence electrons. The predicted molar refractivity (Wildman–Crippen MR) is 83.1 cm³/mol. The zero-order chi connectivity index (χ0) is 13.6. The summed E-state index contributed by atoms with van der Waals surface area (Å²) in [6, 6.07) is 4.31. The second-order valence-corrected chi connectivity index (χ2v) is 6.96.